The van der Waals surface area contributed by atoms with Crippen LogP contribution in [0.1, 0.15) is 15.9 Å². The van der Waals surface area contributed by atoms with Gasteiger partial charge >= 0.3 is 5.97 Å². The molecule has 0 fully saturated rings. The number of rotatable bonds is 1. The van der Waals surface area contributed by atoms with Crippen molar-refractivity contribution < 1.29 is 14.6 Å². The van der Waals surface area contributed by atoms with Crippen LogP contribution in [0.4, 0.5) is 0 Å². The molecule has 0 spiro atoms. The van der Waals surface area contributed by atoms with E-state index in [9.17, 15) is 9.90 Å². The van der Waals surface area contributed by atoms with E-state index in [1.807, 2.05) is 0 Å². The Morgan fingerprint density at radius 2 is 2.29 bits per heavy atom. The van der Waals surface area contributed by atoms with Gasteiger partial charge in [0.1, 0.15) is 11.6 Å². The lowest BCUT2D eigenvalue weighted by Gasteiger charge is -2.04. The molecular formula is C9H6ClNO3. The second kappa shape index (κ2) is 3.99. The maximum atomic E-state index is 11.1. The van der Waals surface area contributed by atoms with Crippen molar-refractivity contribution >= 4 is 17.6 Å². The van der Waals surface area contributed by atoms with Crippen LogP contribution in [-0.4, -0.2) is 18.2 Å². The maximum Gasteiger partial charge on any atom is 0.339 e. The summed E-state index contributed by atoms with van der Waals surface area (Å²) in [6.07, 6.45) is 0. The molecule has 14 heavy (non-hydrogen) atoms. The van der Waals surface area contributed by atoms with E-state index in [2.05, 4.69) is 4.74 Å². The molecule has 0 aromatic heterocycles. The van der Waals surface area contributed by atoms with Crippen molar-refractivity contribution in [1.82, 2.24) is 0 Å². The molecule has 0 aliphatic rings. The molecule has 0 heterocycles. The molecule has 0 atom stereocenters. The second-order valence-corrected chi connectivity index (χ2v) is 2.83. The van der Waals surface area contributed by atoms with Crippen molar-refractivity contribution in [3.8, 4) is 11.8 Å². The van der Waals surface area contributed by atoms with E-state index in [1.54, 1.807) is 6.07 Å². The van der Waals surface area contributed by atoms with E-state index < -0.39 is 11.7 Å². The van der Waals surface area contributed by atoms with Crippen LogP contribution < -0.4 is 0 Å². The standard InChI is InChI=1S/C9H6ClNO3/c1-14-9(13)5-2-3-7(10)8(12)6(5)4-11/h2-3,12H,1H3. The first-order chi connectivity index (χ1) is 6.61. The summed E-state index contributed by atoms with van der Waals surface area (Å²) in [6.45, 7) is 0. The van der Waals surface area contributed by atoms with Crippen LogP contribution in [0.3, 0.4) is 0 Å². The van der Waals surface area contributed by atoms with E-state index in [0.717, 1.165) is 0 Å². The van der Waals surface area contributed by atoms with Gasteiger partial charge in [0.05, 0.1) is 17.7 Å². The Hall–Kier alpha value is -1.73. The van der Waals surface area contributed by atoms with Crippen molar-refractivity contribution in [2.45, 2.75) is 0 Å². The summed E-state index contributed by atoms with van der Waals surface area (Å²) in [5, 5.41) is 18.1. The predicted octanol–water partition coefficient (Wildman–Crippen LogP) is 1.70. The highest BCUT2D eigenvalue weighted by molar-refractivity contribution is 6.32. The Morgan fingerprint density at radius 1 is 1.64 bits per heavy atom. The van der Waals surface area contributed by atoms with Crippen molar-refractivity contribution in [2.75, 3.05) is 7.11 Å². The molecule has 4 nitrogen and oxygen atoms in total. The molecule has 0 amide bonds. The fourth-order valence-corrected chi connectivity index (χ4v) is 1.12. The highest BCUT2D eigenvalue weighted by Crippen LogP contribution is 2.29. The van der Waals surface area contributed by atoms with E-state index in [1.165, 1.54) is 19.2 Å². The number of nitriles is 1. The largest absolute Gasteiger partial charge is 0.505 e. The van der Waals surface area contributed by atoms with Crippen LogP contribution in [0, 0.1) is 11.3 Å². The van der Waals surface area contributed by atoms with Crippen molar-refractivity contribution in [3.63, 3.8) is 0 Å². The number of esters is 1. The lowest BCUT2D eigenvalue weighted by molar-refractivity contribution is 0.0600. The molecular weight excluding hydrogens is 206 g/mol. The first-order valence-corrected chi connectivity index (χ1v) is 3.99. The summed E-state index contributed by atoms with van der Waals surface area (Å²) in [6, 6.07) is 4.33. The molecule has 1 N–H and O–H groups in total. The van der Waals surface area contributed by atoms with E-state index >= 15 is 0 Å². The minimum Gasteiger partial charge on any atom is -0.505 e. The lowest BCUT2D eigenvalue weighted by atomic mass is 10.1. The van der Waals surface area contributed by atoms with Crippen molar-refractivity contribution in [3.05, 3.63) is 28.3 Å². The zero-order valence-corrected chi connectivity index (χ0v) is 8.00. The summed E-state index contributed by atoms with van der Waals surface area (Å²) in [5.74, 6) is -1.09. The molecule has 1 aromatic carbocycles. The van der Waals surface area contributed by atoms with Crippen molar-refractivity contribution in [1.29, 1.82) is 5.26 Å². The molecule has 0 saturated carbocycles. The van der Waals surface area contributed by atoms with Crippen molar-refractivity contribution in [2.24, 2.45) is 0 Å². The number of halogens is 1. The normalized spacial score (nSPS) is 9.21. The highest BCUT2D eigenvalue weighted by Gasteiger charge is 2.17. The van der Waals surface area contributed by atoms with E-state index in [4.69, 9.17) is 16.9 Å². The predicted molar refractivity (Wildman–Crippen MR) is 49.2 cm³/mol. The van der Waals surface area contributed by atoms with E-state index in [0.29, 0.717) is 0 Å². The third kappa shape index (κ3) is 1.63. The van der Waals surface area contributed by atoms with Crippen LogP contribution in [0.15, 0.2) is 12.1 Å². The quantitative estimate of drug-likeness (QED) is 0.718. The fraction of sp³-hybridized carbons (Fsp3) is 0.111. The number of phenolic OH excluding ortho intramolecular Hbond substituents is 1. The Kier molecular flexibility index (Phi) is 2.95. The number of carbonyl (C=O) groups is 1. The fourth-order valence-electron chi connectivity index (χ4n) is 0.959. The average Bonchev–Trinajstić information content (AvgIpc) is 2.20. The second-order valence-electron chi connectivity index (χ2n) is 2.42. The maximum absolute atomic E-state index is 11.1. The summed E-state index contributed by atoms with van der Waals surface area (Å²) < 4.78 is 4.43. The third-order valence-electron chi connectivity index (χ3n) is 1.65. The third-order valence-corrected chi connectivity index (χ3v) is 1.95. The molecule has 1 rings (SSSR count). The van der Waals surface area contributed by atoms with E-state index in [-0.39, 0.29) is 16.1 Å². The number of carbonyl (C=O) groups excluding carboxylic acids is 1. The molecule has 0 bridgehead atoms. The Morgan fingerprint density at radius 3 is 2.79 bits per heavy atom. The Labute approximate surface area is 85.3 Å². The summed E-state index contributed by atoms with van der Waals surface area (Å²) in [5.41, 5.74) is -0.179. The minimum absolute atomic E-state index is 0.00287. The number of nitrogens with zero attached hydrogens (tertiary/aromatic N) is 1. The first kappa shape index (κ1) is 10.4. The zero-order valence-electron chi connectivity index (χ0n) is 7.24. The molecule has 0 saturated heterocycles. The molecule has 0 aliphatic carbocycles. The minimum atomic E-state index is -0.687. The van der Waals surface area contributed by atoms with Gasteiger partial charge in [-0.2, -0.15) is 5.26 Å². The van der Waals surface area contributed by atoms with Crippen LogP contribution in [0.2, 0.25) is 5.02 Å². The number of methoxy groups -OCH3 is 1. The summed E-state index contributed by atoms with van der Waals surface area (Å²) >= 11 is 5.56. The first-order valence-electron chi connectivity index (χ1n) is 3.61. The molecule has 0 aliphatic heterocycles. The summed E-state index contributed by atoms with van der Waals surface area (Å²) in [7, 11) is 1.19. The van der Waals surface area contributed by atoms with Gasteiger partial charge in [0.2, 0.25) is 0 Å². The molecule has 0 radical (unpaired) electrons. The zero-order chi connectivity index (χ0) is 10.7. The number of benzene rings is 1. The highest BCUT2D eigenvalue weighted by atomic mass is 35.5. The van der Waals surface area contributed by atoms with Gasteiger partial charge in [-0.15, -0.1) is 0 Å². The van der Waals surface area contributed by atoms with Crippen LogP contribution in [-0.2, 0) is 4.74 Å². The Bertz CT molecular complexity index is 423. The van der Waals surface area contributed by atoms with Crippen LogP contribution in [0.25, 0.3) is 0 Å². The average molecular weight is 212 g/mol. The SMILES string of the molecule is COC(=O)c1ccc(Cl)c(O)c1C#N. The van der Waals surface area contributed by atoms with Gasteiger partial charge in [-0.3, -0.25) is 0 Å². The van der Waals surface area contributed by atoms with Gasteiger partial charge in [-0.25, -0.2) is 4.79 Å². The monoisotopic (exact) mass is 211 g/mol. The Balaban J connectivity index is 3.40. The van der Waals surface area contributed by atoms with Crippen LogP contribution >= 0.6 is 11.6 Å². The smallest absolute Gasteiger partial charge is 0.339 e. The number of ether oxygens (including phenoxy) is 1. The van der Waals surface area contributed by atoms with Gasteiger partial charge in [-0.05, 0) is 12.1 Å². The molecule has 0 unspecified atom stereocenters. The lowest BCUT2D eigenvalue weighted by Crippen LogP contribution is -2.04. The number of phenols is 1. The topological polar surface area (TPSA) is 70.3 Å². The molecule has 5 heteroatoms. The van der Waals surface area contributed by atoms with Gasteiger partial charge in [0, 0.05) is 0 Å². The van der Waals surface area contributed by atoms with Gasteiger partial charge in [0.25, 0.3) is 0 Å². The molecule has 72 valence electrons. The number of hydrogen-bond acceptors (Lipinski definition) is 4. The number of aromatic hydroxyl groups is 1. The van der Waals surface area contributed by atoms with Gasteiger partial charge < -0.3 is 9.84 Å². The van der Waals surface area contributed by atoms with Gasteiger partial charge in [-0.1, -0.05) is 11.6 Å². The van der Waals surface area contributed by atoms with Gasteiger partial charge in [0.15, 0.2) is 5.75 Å². The van der Waals surface area contributed by atoms with Crippen LogP contribution in [0.5, 0.6) is 5.75 Å². The molecule has 1 aromatic rings. The summed E-state index contributed by atoms with van der Waals surface area (Å²) in [4.78, 5) is 11.1. The number of hydrogen-bond donors (Lipinski definition) is 1.